The highest BCUT2D eigenvalue weighted by Crippen LogP contribution is 2.28. The quantitative estimate of drug-likeness (QED) is 0.197. The van der Waals surface area contributed by atoms with Gasteiger partial charge in [0.05, 0.1) is 17.7 Å². The molecule has 2 amide bonds. The van der Waals surface area contributed by atoms with E-state index in [4.69, 9.17) is 28.6 Å². The minimum Gasteiger partial charge on any atom is -0.494 e. The fourth-order valence-corrected chi connectivity index (χ4v) is 3.09. The van der Waals surface area contributed by atoms with Crippen LogP contribution in [0.2, 0.25) is 5.02 Å². The molecular formula is C22H23ClN4O5S. The van der Waals surface area contributed by atoms with Crippen molar-refractivity contribution in [3.05, 3.63) is 63.2 Å². The Labute approximate surface area is 201 Å². The highest BCUT2D eigenvalue weighted by atomic mass is 35.5. The van der Waals surface area contributed by atoms with Gasteiger partial charge in [0.15, 0.2) is 5.11 Å². The number of methoxy groups -OCH3 is 1. The lowest BCUT2D eigenvalue weighted by atomic mass is 10.2. The first-order valence-electron chi connectivity index (χ1n) is 9.95. The van der Waals surface area contributed by atoms with Crippen LogP contribution < -0.4 is 20.7 Å². The number of unbranched alkanes of at least 4 members (excludes halogenated alkanes) is 1. The summed E-state index contributed by atoms with van der Waals surface area (Å²) >= 11 is 10.9. The molecule has 0 saturated heterocycles. The number of nitrogens with zero attached hydrogens (tertiary/aromatic N) is 1. The maximum Gasteiger partial charge on any atom is 0.288 e. The van der Waals surface area contributed by atoms with Crippen LogP contribution >= 0.6 is 23.8 Å². The number of hydrogen-bond acceptors (Lipinski definition) is 6. The van der Waals surface area contributed by atoms with Crippen LogP contribution in [-0.4, -0.2) is 29.0 Å². The zero-order valence-corrected chi connectivity index (χ0v) is 19.6. The van der Waals surface area contributed by atoms with Crippen molar-refractivity contribution in [2.45, 2.75) is 26.2 Å². The van der Waals surface area contributed by atoms with Crippen molar-refractivity contribution in [3.8, 4) is 5.75 Å². The number of nitro groups is 1. The summed E-state index contributed by atoms with van der Waals surface area (Å²) in [5.74, 6) is -0.198. The van der Waals surface area contributed by atoms with E-state index in [0.29, 0.717) is 29.1 Å². The number of ether oxygens (including phenoxy) is 1. The van der Waals surface area contributed by atoms with Gasteiger partial charge in [0.1, 0.15) is 10.8 Å². The number of carbonyl (C=O) groups excluding carboxylic acids is 2. The number of nitrogens with one attached hydrogen (secondary N) is 3. The molecule has 0 radical (unpaired) electrons. The minimum atomic E-state index is -0.602. The number of anilines is 2. The smallest absolute Gasteiger partial charge is 0.288 e. The number of carbonyl (C=O) groups is 2. The lowest BCUT2D eigenvalue weighted by molar-refractivity contribution is -0.384. The Hall–Kier alpha value is -3.50. The van der Waals surface area contributed by atoms with Crippen LogP contribution in [0, 0.1) is 10.1 Å². The molecule has 0 aliphatic carbocycles. The van der Waals surface area contributed by atoms with Gasteiger partial charge in [-0.2, -0.15) is 0 Å². The highest BCUT2D eigenvalue weighted by molar-refractivity contribution is 7.80. The molecule has 0 bridgehead atoms. The van der Waals surface area contributed by atoms with Crippen molar-refractivity contribution in [2.75, 3.05) is 17.7 Å². The van der Waals surface area contributed by atoms with Gasteiger partial charge >= 0.3 is 0 Å². The SMILES string of the molecule is CCCCC(=O)Nc1ccc(NC(=S)NC(=O)/C=C/c2ccc(Cl)c([N+](=O)[O-])c2)cc1OC. The molecule has 0 aromatic heterocycles. The molecule has 2 aromatic carbocycles. The Morgan fingerprint density at radius 3 is 2.64 bits per heavy atom. The number of hydrogen-bond donors (Lipinski definition) is 3. The van der Waals surface area contributed by atoms with Crippen LogP contribution in [0.4, 0.5) is 17.1 Å². The molecule has 9 nitrogen and oxygen atoms in total. The largest absolute Gasteiger partial charge is 0.494 e. The van der Waals surface area contributed by atoms with Crippen LogP contribution in [0.1, 0.15) is 31.7 Å². The fraction of sp³-hybridized carbons (Fsp3) is 0.227. The Kier molecular flexibility index (Phi) is 9.77. The standard InChI is InChI=1S/C22H23ClN4O5S/c1-3-4-5-20(28)25-17-10-8-15(13-19(17)32-2)24-22(33)26-21(29)11-7-14-6-9-16(23)18(12-14)27(30)31/h6-13H,3-5H2,1-2H3,(H,25,28)(H2,24,26,29,33)/b11-7+. The molecule has 11 heteroatoms. The maximum absolute atomic E-state index is 12.1. The molecule has 0 unspecified atom stereocenters. The number of rotatable bonds is 9. The van der Waals surface area contributed by atoms with E-state index in [1.165, 1.54) is 31.4 Å². The zero-order valence-electron chi connectivity index (χ0n) is 18.0. The molecular weight excluding hydrogens is 468 g/mol. The van der Waals surface area contributed by atoms with Gasteiger partial charge in [-0.05, 0) is 48.5 Å². The topological polar surface area (TPSA) is 123 Å². The Balaban J connectivity index is 1.97. The number of benzene rings is 2. The third-order valence-corrected chi connectivity index (χ3v) is 4.85. The third-order valence-electron chi connectivity index (χ3n) is 4.32. The van der Waals surface area contributed by atoms with E-state index in [2.05, 4.69) is 16.0 Å². The van der Waals surface area contributed by atoms with Crippen molar-refractivity contribution in [1.82, 2.24) is 5.32 Å². The molecule has 2 rings (SSSR count). The van der Waals surface area contributed by atoms with E-state index < -0.39 is 10.8 Å². The van der Waals surface area contributed by atoms with Gasteiger partial charge in [0.2, 0.25) is 11.8 Å². The second-order valence-electron chi connectivity index (χ2n) is 6.81. The maximum atomic E-state index is 12.1. The summed E-state index contributed by atoms with van der Waals surface area (Å²) in [7, 11) is 1.48. The Morgan fingerprint density at radius 1 is 1.21 bits per heavy atom. The molecule has 0 heterocycles. The first-order chi connectivity index (χ1) is 15.7. The van der Waals surface area contributed by atoms with Crippen molar-refractivity contribution in [1.29, 1.82) is 0 Å². The Bertz CT molecular complexity index is 1090. The minimum absolute atomic E-state index is 0.00829. The van der Waals surface area contributed by atoms with Gasteiger partial charge < -0.3 is 15.4 Å². The van der Waals surface area contributed by atoms with E-state index in [0.717, 1.165) is 12.8 Å². The van der Waals surface area contributed by atoms with Crippen molar-refractivity contribution >= 4 is 63.9 Å². The van der Waals surface area contributed by atoms with E-state index in [1.54, 1.807) is 24.3 Å². The van der Waals surface area contributed by atoms with Gasteiger partial charge in [0.25, 0.3) is 5.69 Å². The van der Waals surface area contributed by atoms with E-state index >= 15 is 0 Å². The Morgan fingerprint density at radius 2 is 1.97 bits per heavy atom. The van der Waals surface area contributed by atoms with Crippen molar-refractivity contribution in [3.63, 3.8) is 0 Å². The zero-order chi connectivity index (χ0) is 24.4. The van der Waals surface area contributed by atoms with E-state index in [1.807, 2.05) is 6.92 Å². The summed E-state index contributed by atoms with van der Waals surface area (Å²) in [6, 6.07) is 9.17. The van der Waals surface area contributed by atoms with Gasteiger partial charge in [0, 0.05) is 30.3 Å². The molecule has 2 aromatic rings. The average molecular weight is 491 g/mol. The lowest BCUT2D eigenvalue weighted by Gasteiger charge is -2.13. The summed E-state index contributed by atoms with van der Waals surface area (Å²) in [6.07, 6.45) is 4.74. The molecule has 33 heavy (non-hydrogen) atoms. The molecule has 0 spiro atoms. The van der Waals surface area contributed by atoms with Gasteiger partial charge in [-0.25, -0.2) is 0 Å². The van der Waals surface area contributed by atoms with Gasteiger partial charge in [-0.15, -0.1) is 0 Å². The second kappa shape index (κ2) is 12.5. The van der Waals surface area contributed by atoms with Crippen LogP contribution in [0.15, 0.2) is 42.5 Å². The highest BCUT2D eigenvalue weighted by Gasteiger charge is 2.12. The van der Waals surface area contributed by atoms with E-state index in [-0.39, 0.29) is 21.7 Å². The summed E-state index contributed by atoms with van der Waals surface area (Å²) < 4.78 is 5.32. The molecule has 0 atom stereocenters. The predicted molar refractivity (Wildman–Crippen MR) is 133 cm³/mol. The normalized spacial score (nSPS) is 10.5. The van der Waals surface area contributed by atoms with Crippen LogP contribution in [-0.2, 0) is 9.59 Å². The van der Waals surface area contributed by atoms with E-state index in [9.17, 15) is 19.7 Å². The van der Waals surface area contributed by atoms with Gasteiger partial charge in [-0.3, -0.25) is 25.0 Å². The number of thiocarbonyl (C=S) groups is 1. The number of nitro benzene ring substituents is 1. The van der Waals surface area contributed by atoms with Crippen LogP contribution in [0.25, 0.3) is 6.08 Å². The summed E-state index contributed by atoms with van der Waals surface area (Å²) in [5.41, 5.74) is 1.25. The van der Waals surface area contributed by atoms with Crippen LogP contribution in [0.3, 0.4) is 0 Å². The molecule has 0 aliphatic heterocycles. The van der Waals surface area contributed by atoms with Crippen molar-refractivity contribution in [2.24, 2.45) is 0 Å². The molecule has 0 fully saturated rings. The number of amides is 2. The average Bonchev–Trinajstić information content (AvgIpc) is 2.77. The summed E-state index contributed by atoms with van der Waals surface area (Å²) in [6.45, 7) is 2.01. The molecule has 174 valence electrons. The third kappa shape index (κ3) is 8.17. The van der Waals surface area contributed by atoms with Crippen LogP contribution in [0.5, 0.6) is 5.75 Å². The summed E-state index contributed by atoms with van der Waals surface area (Å²) in [5, 5.41) is 19.1. The first kappa shape index (κ1) is 25.8. The predicted octanol–water partition coefficient (Wildman–Crippen LogP) is 4.91. The lowest BCUT2D eigenvalue weighted by Crippen LogP contribution is -2.32. The van der Waals surface area contributed by atoms with Gasteiger partial charge in [-0.1, -0.05) is 31.0 Å². The first-order valence-corrected chi connectivity index (χ1v) is 10.7. The van der Waals surface area contributed by atoms with Crippen molar-refractivity contribution < 1.29 is 19.2 Å². The molecule has 0 saturated carbocycles. The number of halogens is 1. The molecule has 3 N–H and O–H groups in total. The molecule has 0 aliphatic rings. The second-order valence-corrected chi connectivity index (χ2v) is 7.63. The monoisotopic (exact) mass is 490 g/mol. The fourth-order valence-electron chi connectivity index (χ4n) is 2.68. The summed E-state index contributed by atoms with van der Waals surface area (Å²) in [4.78, 5) is 34.4.